The molecule has 4 rings (SSSR count). The van der Waals surface area contributed by atoms with E-state index in [4.69, 9.17) is 0 Å². The lowest BCUT2D eigenvalue weighted by Crippen LogP contribution is -2.41. The monoisotopic (exact) mass is 480 g/mol. The largest absolute Gasteiger partial charge is 0.360 e. The minimum absolute atomic E-state index is 0.247. The number of nitrogens with one attached hydrogen (secondary N) is 2. The summed E-state index contributed by atoms with van der Waals surface area (Å²) in [5.74, 6) is 0. The minimum atomic E-state index is -4.24. The predicted octanol–water partition coefficient (Wildman–Crippen LogP) is 1.91. The van der Waals surface area contributed by atoms with Crippen molar-refractivity contribution in [2.45, 2.75) is 50.5 Å². The molecule has 0 bridgehead atoms. The van der Waals surface area contributed by atoms with E-state index in [1.165, 1.54) is 10.8 Å². The predicted molar refractivity (Wildman–Crippen MR) is 125 cm³/mol. The normalized spacial score (nSPS) is 14.0. The number of hydrogen-bond acceptors (Lipinski definition) is 8. The second kappa shape index (κ2) is 9.34. The lowest BCUT2D eigenvalue weighted by molar-refractivity contribution is 0.192. The Morgan fingerprint density at radius 3 is 2.74 bits per heavy atom. The third kappa shape index (κ3) is 4.70. The molecule has 0 radical (unpaired) electrons. The van der Waals surface area contributed by atoms with Gasteiger partial charge in [0.2, 0.25) is 0 Å². The molecule has 3 N–H and O–H groups in total. The van der Waals surface area contributed by atoms with E-state index in [0.29, 0.717) is 16.8 Å². The van der Waals surface area contributed by atoms with Gasteiger partial charge in [-0.25, -0.2) is 18.4 Å². The first-order chi connectivity index (χ1) is 16.2. The molecule has 3 aromatic rings. The standard InChI is InChI=1S/C23H24N6O4S/c1-14(2)29-13-20(26-12-21(29)30)34(32,33)28-23(31)27-22-18-5-3-4-15(18)6-7-19(22)16-8-9-25-17(10-16)11-24/h6-10,12-14,23,27-28,31H,3-5H2,1-2H3. The first kappa shape index (κ1) is 23.6. The first-order valence-electron chi connectivity index (χ1n) is 10.8. The Kier molecular flexibility index (Phi) is 6.47. The maximum Gasteiger partial charge on any atom is 0.269 e. The molecule has 1 aliphatic rings. The topological polar surface area (TPSA) is 150 Å². The zero-order valence-corrected chi connectivity index (χ0v) is 19.5. The number of aliphatic hydroxyl groups excluding tert-OH is 1. The highest BCUT2D eigenvalue weighted by Crippen LogP contribution is 2.37. The van der Waals surface area contributed by atoms with Crippen molar-refractivity contribution in [2.75, 3.05) is 5.32 Å². The molecular weight excluding hydrogens is 456 g/mol. The van der Waals surface area contributed by atoms with Crippen LogP contribution in [0.5, 0.6) is 0 Å². The van der Waals surface area contributed by atoms with Gasteiger partial charge in [0.15, 0.2) is 11.4 Å². The van der Waals surface area contributed by atoms with Gasteiger partial charge in [0.25, 0.3) is 15.6 Å². The summed E-state index contributed by atoms with van der Waals surface area (Å²) in [5.41, 5.74) is 3.93. The summed E-state index contributed by atoms with van der Waals surface area (Å²) in [7, 11) is -4.24. The SMILES string of the molecule is CC(C)n1cc(S(=O)(=O)NC(O)Nc2c(-c3ccnc(C#N)c3)ccc3c2CCC3)ncc1=O. The van der Waals surface area contributed by atoms with Crippen LogP contribution in [0.4, 0.5) is 5.69 Å². The van der Waals surface area contributed by atoms with Crippen LogP contribution in [0.3, 0.4) is 0 Å². The number of aromatic nitrogens is 3. The summed E-state index contributed by atoms with van der Waals surface area (Å²) in [6.45, 7) is 3.49. The van der Waals surface area contributed by atoms with Gasteiger partial charge in [-0.1, -0.05) is 12.1 Å². The molecule has 0 saturated carbocycles. The highest BCUT2D eigenvalue weighted by molar-refractivity contribution is 7.89. The van der Waals surface area contributed by atoms with Crippen LogP contribution >= 0.6 is 0 Å². The molecule has 34 heavy (non-hydrogen) atoms. The summed E-state index contributed by atoms with van der Waals surface area (Å²) < 4.78 is 29.1. The average molecular weight is 481 g/mol. The molecule has 1 atom stereocenters. The zero-order valence-electron chi connectivity index (χ0n) is 18.7. The van der Waals surface area contributed by atoms with E-state index in [2.05, 4.69) is 20.0 Å². The Morgan fingerprint density at radius 2 is 2.00 bits per heavy atom. The quantitative estimate of drug-likeness (QED) is 0.434. The third-order valence-electron chi connectivity index (χ3n) is 5.65. The van der Waals surface area contributed by atoms with E-state index in [0.717, 1.165) is 42.8 Å². The first-order valence-corrected chi connectivity index (χ1v) is 12.2. The molecule has 1 aromatic carbocycles. The number of pyridine rings is 1. The zero-order chi connectivity index (χ0) is 24.5. The van der Waals surface area contributed by atoms with Crippen LogP contribution in [0.1, 0.15) is 43.1 Å². The number of fused-ring (bicyclic) bond motifs is 1. The summed E-state index contributed by atoms with van der Waals surface area (Å²) in [5, 5.41) is 22.4. The number of anilines is 1. The van der Waals surface area contributed by atoms with Crippen molar-refractivity contribution in [3.8, 4) is 17.2 Å². The van der Waals surface area contributed by atoms with Crippen molar-refractivity contribution in [1.29, 1.82) is 5.26 Å². The van der Waals surface area contributed by atoms with Crippen LogP contribution in [0.2, 0.25) is 0 Å². The molecule has 0 saturated heterocycles. The van der Waals surface area contributed by atoms with Crippen molar-refractivity contribution in [3.05, 3.63) is 70.0 Å². The Labute approximate surface area is 197 Å². The fourth-order valence-electron chi connectivity index (χ4n) is 4.05. The van der Waals surface area contributed by atoms with Crippen LogP contribution in [0.25, 0.3) is 11.1 Å². The minimum Gasteiger partial charge on any atom is -0.360 e. The molecule has 1 unspecified atom stereocenters. The average Bonchev–Trinajstić information content (AvgIpc) is 3.28. The van der Waals surface area contributed by atoms with Crippen molar-refractivity contribution in [2.24, 2.45) is 0 Å². The van der Waals surface area contributed by atoms with Gasteiger partial charge in [-0.15, -0.1) is 0 Å². The lowest BCUT2D eigenvalue weighted by atomic mass is 9.97. The van der Waals surface area contributed by atoms with E-state index in [1.54, 1.807) is 26.0 Å². The summed E-state index contributed by atoms with van der Waals surface area (Å²) in [4.78, 5) is 19.7. The molecular formula is C23H24N6O4S. The second-order valence-electron chi connectivity index (χ2n) is 8.25. The molecule has 2 heterocycles. The molecule has 10 nitrogen and oxygen atoms in total. The third-order valence-corrected chi connectivity index (χ3v) is 6.95. The maximum atomic E-state index is 12.9. The molecule has 0 aliphatic heterocycles. The van der Waals surface area contributed by atoms with E-state index in [9.17, 15) is 23.6 Å². The number of rotatable bonds is 7. The Morgan fingerprint density at radius 1 is 1.21 bits per heavy atom. The van der Waals surface area contributed by atoms with Crippen LogP contribution < -0.4 is 15.6 Å². The van der Waals surface area contributed by atoms with Gasteiger partial charge in [0.1, 0.15) is 11.8 Å². The molecule has 176 valence electrons. The molecule has 0 fully saturated rings. The number of benzene rings is 1. The smallest absolute Gasteiger partial charge is 0.269 e. The number of nitriles is 1. The maximum absolute atomic E-state index is 12.9. The summed E-state index contributed by atoms with van der Waals surface area (Å²) >= 11 is 0. The summed E-state index contributed by atoms with van der Waals surface area (Å²) in [6, 6.07) is 9.02. The van der Waals surface area contributed by atoms with Gasteiger partial charge in [-0.2, -0.15) is 9.98 Å². The molecule has 2 aromatic heterocycles. The van der Waals surface area contributed by atoms with Crippen LogP contribution in [0, 0.1) is 11.3 Å². The van der Waals surface area contributed by atoms with E-state index < -0.39 is 21.9 Å². The molecule has 11 heteroatoms. The Bertz CT molecular complexity index is 1440. The van der Waals surface area contributed by atoms with E-state index in [1.807, 2.05) is 18.2 Å². The van der Waals surface area contributed by atoms with Crippen LogP contribution in [-0.4, -0.2) is 34.4 Å². The van der Waals surface area contributed by atoms with Crippen molar-refractivity contribution < 1.29 is 13.5 Å². The van der Waals surface area contributed by atoms with Gasteiger partial charge in [0.05, 0.1) is 6.20 Å². The number of nitrogens with zero attached hydrogens (tertiary/aromatic N) is 4. The van der Waals surface area contributed by atoms with Gasteiger partial charge >= 0.3 is 0 Å². The van der Waals surface area contributed by atoms with Gasteiger partial charge < -0.3 is 15.0 Å². The van der Waals surface area contributed by atoms with Gasteiger partial charge in [0, 0.05) is 29.7 Å². The summed E-state index contributed by atoms with van der Waals surface area (Å²) in [6.07, 6.45) is 4.53. The second-order valence-corrected chi connectivity index (χ2v) is 9.91. The number of aliphatic hydroxyl groups is 1. The Balaban J connectivity index is 1.66. The van der Waals surface area contributed by atoms with Crippen LogP contribution in [-0.2, 0) is 22.9 Å². The molecule has 0 spiro atoms. The van der Waals surface area contributed by atoms with Gasteiger partial charge in [-0.05, 0) is 61.9 Å². The number of hydrogen-bond donors (Lipinski definition) is 3. The number of aryl methyl sites for hydroxylation is 1. The van der Waals surface area contributed by atoms with Gasteiger partial charge in [-0.3, -0.25) is 4.79 Å². The fourth-order valence-corrected chi connectivity index (χ4v) is 4.97. The van der Waals surface area contributed by atoms with Crippen molar-refractivity contribution >= 4 is 15.7 Å². The highest BCUT2D eigenvalue weighted by Gasteiger charge is 2.25. The highest BCUT2D eigenvalue weighted by atomic mass is 32.2. The van der Waals surface area contributed by atoms with E-state index in [-0.39, 0.29) is 16.8 Å². The lowest BCUT2D eigenvalue weighted by Gasteiger charge is -2.21. The number of sulfonamides is 1. The molecule has 1 aliphatic carbocycles. The van der Waals surface area contributed by atoms with Crippen molar-refractivity contribution in [3.63, 3.8) is 0 Å². The fraction of sp³-hybridized carbons (Fsp3) is 0.304. The van der Waals surface area contributed by atoms with Crippen LogP contribution in [0.15, 0.2) is 52.7 Å². The molecule has 0 amide bonds. The van der Waals surface area contributed by atoms with Crippen molar-refractivity contribution in [1.82, 2.24) is 19.3 Å². The Hall–Kier alpha value is -3.59. The van der Waals surface area contributed by atoms with E-state index >= 15 is 0 Å².